The number of fused-ring (bicyclic) bond motifs is 1. The SMILES string of the molecule is C=C(CC(C)C)Nc1cncc(C(=C)/C=c2/c(-c3cc4c(N5CCCCC5)cncc4[nH]3)n[nH]/c2=C/C)c1. The van der Waals surface area contributed by atoms with Crippen molar-refractivity contribution in [3.8, 4) is 11.4 Å². The minimum atomic E-state index is 0.536. The van der Waals surface area contributed by atoms with Gasteiger partial charge in [0.05, 0.1) is 46.5 Å². The number of hydrogen-bond acceptors (Lipinski definition) is 5. The Labute approximate surface area is 224 Å². The van der Waals surface area contributed by atoms with E-state index in [0.717, 1.165) is 69.5 Å². The van der Waals surface area contributed by atoms with Crippen molar-refractivity contribution < 1.29 is 0 Å². The lowest BCUT2D eigenvalue weighted by Gasteiger charge is -2.28. The maximum absolute atomic E-state index is 4.69. The molecule has 0 spiro atoms. The van der Waals surface area contributed by atoms with E-state index in [2.05, 4.69) is 75.5 Å². The van der Waals surface area contributed by atoms with Gasteiger partial charge in [-0.2, -0.15) is 5.10 Å². The van der Waals surface area contributed by atoms with Crippen LogP contribution in [0.4, 0.5) is 11.4 Å². The minimum Gasteiger partial charge on any atom is -0.370 e. The lowest BCUT2D eigenvalue weighted by molar-refractivity contribution is 0.578. The summed E-state index contributed by atoms with van der Waals surface area (Å²) in [6.45, 7) is 17.0. The van der Waals surface area contributed by atoms with Crippen LogP contribution in [0.1, 0.15) is 52.0 Å². The summed E-state index contributed by atoms with van der Waals surface area (Å²) in [7, 11) is 0. The van der Waals surface area contributed by atoms with E-state index in [9.17, 15) is 0 Å². The highest BCUT2D eigenvalue weighted by molar-refractivity contribution is 5.95. The number of allylic oxidation sites excluding steroid dienone is 2. The number of nitrogens with zero attached hydrogens (tertiary/aromatic N) is 4. The Kier molecular flexibility index (Phi) is 7.45. The molecular formula is C31H37N7. The van der Waals surface area contributed by atoms with Crippen LogP contribution in [0.2, 0.25) is 0 Å². The van der Waals surface area contributed by atoms with Crippen molar-refractivity contribution >= 4 is 40.0 Å². The van der Waals surface area contributed by atoms with Crippen LogP contribution in [0.25, 0.3) is 40.0 Å². The van der Waals surface area contributed by atoms with Crippen LogP contribution in [0.3, 0.4) is 0 Å². The third-order valence-corrected chi connectivity index (χ3v) is 7.00. The highest BCUT2D eigenvalue weighted by Crippen LogP contribution is 2.31. The Bertz CT molecular complexity index is 1580. The van der Waals surface area contributed by atoms with Crippen molar-refractivity contribution in [2.45, 2.75) is 46.5 Å². The normalized spacial score (nSPS) is 15.0. The first kappa shape index (κ1) is 25.5. The fraction of sp³-hybridized carbons (Fsp3) is 0.323. The molecular weight excluding hydrogens is 470 g/mol. The Hall–Kier alpha value is -4.13. The molecule has 0 atom stereocenters. The molecule has 5 heterocycles. The fourth-order valence-corrected chi connectivity index (χ4v) is 5.18. The lowest BCUT2D eigenvalue weighted by Crippen LogP contribution is -2.29. The molecule has 0 unspecified atom stereocenters. The van der Waals surface area contributed by atoms with Crippen LogP contribution in [-0.4, -0.2) is 38.2 Å². The summed E-state index contributed by atoms with van der Waals surface area (Å²) >= 11 is 0. The third kappa shape index (κ3) is 5.42. The summed E-state index contributed by atoms with van der Waals surface area (Å²) in [5, 5.41) is 14.4. The van der Waals surface area contributed by atoms with Crippen molar-refractivity contribution in [2.24, 2.45) is 5.92 Å². The Morgan fingerprint density at radius 1 is 1.08 bits per heavy atom. The van der Waals surface area contributed by atoms with Gasteiger partial charge in [-0.3, -0.25) is 15.1 Å². The van der Waals surface area contributed by atoms with Crippen LogP contribution in [-0.2, 0) is 0 Å². The van der Waals surface area contributed by atoms with Crippen molar-refractivity contribution in [2.75, 3.05) is 23.3 Å². The second kappa shape index (κ2) is 11.1. The standard InChI is InChI=1S/C31H37N7/c1-6-27-26(13-21(4)23-14-24(17-32-16-23)34-22(5)12-20(2)3)31(37-36-27)28-15-25-29(35-28)18-33-19-30(25)38-10-8-7-9-11-38/h6,13-20,34-36H,4-5,7-12H2,1-3H3/b26-13+,27-6+. The first-order valence-corrected chi connectivity index (χ1v) is 13.5. The molecule has 1 fully saturated rings. The molecule has 38 heavy (non-hydrogen) atoms. The van der Waals surface area contributed by atoms with E-state index in [1.807, 2.05) is 37.8 Å². The smallest absolute Gasteiger partial charge is 0.116 e. The van der Waals surface area contributed by atoms with Crippen LogP contribution in [0, 0.1) is 5.92 Å². The molecule has 1 aliphatic heterocycles. The average Bonchev–Trinajstić information content (AvgIpc) is 3.52. The predicted octanol–water partition coefficient (Wildman–Crippen LogP) is 5.60. The first-order valence-electron chi connectivity index (χ1n) is 13.5. The monoisotopic (exact) mass is 507 g/mol. The summed E-state index contributed by atoms with van der Waals surface area (Å²) in [6, 6.07) is 4.26. The van der Waals surface area contributed by atoms with E-state index in [1.54, 1.807) is 0 Å². The number of pyridine rings is 2. The van der Waals surface area contributed by atoms with Gasteiger partial charge in [-0.05, 0) is 62.3 Å². The second-order valence-corrected chi connectivity index (χ2v) is 10.5. The highest BCUT2D eigenvalue weighted by Gasteiger charge is 2.17. The molecule has 0 saturated carbocycles. The molecule has 7 heteroatoms. The van der Waals surface area contributed by atoms with E-state index < -0.39 is 0 Å². The minimum absolute atomic E-state index is 0.536. The molecule has 5 rings (SSSR count). The molecule has 1 saturated heterocycles. The Morgan fingerprint density at radius 2 is 1.87 bits per heavy atom. The zero-order chi connectivity index (χ0) is 26.6. The second-order valence-electron chi connectivity index (χ2n) is 10.5. The summed E-state index contributed by atoms with van der Waals surface area (Å²) in [5.41, 5.74) is 7.69. The van der Waals surface area contributed by atoms with Crippen molar-refractivity contribution in [1.82, 2.24) is 25.1 Å². The first-order chi connectivity index (χ1) is 18.4. The van der Waals surface area contributed by atoms with Gasteiger partial charge >= 0.3 is 0 Å². The molecule has 0 aliphatic carbocycles. The zero-order valence-corrected chi connectivity index (χ0v) is 22.6. The number of hydrogen-bond donors (Lipinski definition) is 3. The van der Waals surface area contributed by atoms with Gasteiger partial charge < -0.3 is 15.2 Å². The molecule has 0 bridgehead atoms. The molecule has 4 aromatic heterocycles. The molecule has 0 amide bonds. The number of H-pyrrole nitrogens is 2. The van der Waals surface area contributed by atoms with Gasteiger partial charge in [0.25, 0.3) is 0 Å². The number of aromatic nitrogens is 5. The van der Waals surface area contributed by atoms with Gasteiger partial charge in [-0.25, -0.2) is 0 Å². The predicted molar refractivity (Wildman–Crippen MR) is 159 cm³/mol. The molecule has 1 aliphatic rings. The van der Waals surface area contributed by atoms with Crippen molar-refractivity contribution in [1.29, 1.82) is 0 Å². The molecule has 7 nitrogen and oxygen atoms in total. The molecule has 0 radical (unpaired) electrons. The van der Waals surface area contributed by atoms with Crippen LogP contribution in [0.5, 0.6) is 0 Å². The summed E-state index contributed by atoms with van der Waals surface area (Å²) in [4.78, 5) is 15.0. The van der Waals surface area contributed by atoms with Crippen LogP contribution < -0.4 is 20.8 Å². The van der Waals surface area contributed by atoms with Gasteiger partial charge in [0.1, 0.15) is 5.69 Å². The van der Waals surface area contributed by atoms with Crippen LogP contribution >= 0.6 is 0 Å². The summed E-state index contributed by atoms with van der Waals surface area (Å²) in [5.74, 6) is 0.536. The maximum Gasteiger partial charge on any atom is 0.116 e. The van der Waals surface area contributed by atoms with Crippen molar-refractivity contribution in [3.63, 3.8) is 0 Å². The maximum atomic E-state index is 4.69. The zero-order valence-electron chi connectivity index (χ0n) is 22.6. The number of rotatable bonds is 8. The quantitative estimate of drug-likeness (QED) is 0.289. The number of piperidine rings is 1. The van der Waals surface area contributed by atoms with Gasteiger partial charge in [0.2, 0.25) is 0 Å². The van der Waals surface area contributed by atoms with E-state index >= 15 is 0 Å². The molecule has 4 aromatic rings. The van der Waals surface area contributed by atoms with Gasteiger partial charge in [-0.15, -0.1) is 0 Å². The van der Waals surface area contributed by atoms with Crippen molar-refractivity contribution in [3.05, 3.63) is 71.9 Å². The topological polar surface area (TPSA) is 85.5 Å². The summed E-state index contributed by atoms with van der Waals surface area (Å²) in [6.07, 6.45) is 16.3. The number of aromatic amines is 2. The average molecular weight is 508 g/mol. The lowest BCUT2D eigenvalue weighted by atomic mass is 10.1. The van der Waals surface area contributed by atoms with Crippen LogP contribution in [0.15, 0.2) is 55.8 Å². The number of nitrogens with one attached hydrogen (secondary N) is 3. The Morgan fingerprint density at radius 3 is 2.63 bits per heavy atom. The summed E-state index contributed by atoms with van der Waals surface area (Å²) < 4.78 is 0. The van der Waals surface area contributed by atoms with E-state index in [4.69, 9.17) is 5.10 Å². The molecule has 0 aromatic carbocycles. The van der Waals surface area contributed by atoms with Gasteiger partial charge in [-0.1, -0.05) is 33.1 Å². The van der Waals surface area contributed by atoms with E-state index in [0.29, 0.717) is 5.92 Å². The fourth-order valence-electron chi connectivity index (χ4n) is 5.18. The van der Waals surface area contributed by atoms with Gasteiger partial charge in [0, 0.05) is 41.2 Å². The van der Waals surface area contributed by atoms with Gasteiger partial charge in [0.15, 0.2) is 0 Å². The highest BCUT2D eigenvalue weighted by atomic mass is 15.1. The molecule has 3 N–H and O–H groups in total. The van der Waals surface area contributed by atoms with E-state index in [1.165, 1.54) is 30.3 Å². The largest absolute Gasteiger partial charge is 0.370 e. The molecule has 196 valence electrons. The van der Waals surface area contributed by atoms with E-state index in [-0.39, 0.29) is 0 Å². The third-order valence-electron chi connectivity index (χ3n) is 7.00. The Balaban J connectivity index is 1.50. The number of anilines is 2.